The maximum Gasteiger partial charge on any atom is 0.227 e. The molecule has 10 heteroatoms. The van der Waals surface area contributed by atoms with Gasteiger partial charge >= 0.3 is 0 Å². The number of anilines is 2. The smallest absolute Gasteiger partial charge is 0.227 e. The zero-order chi connectivity index (χ0) is 24.2. The maximum atomic E-state index is 6.15. The SMILES string of the molecule is C1=CN(Cc2cccc(Nc3ncc4cc(-c5cn[nH]c5)c(OCc5cnccn5)cc4n3)c2)NC1. The number of H-pyrrole nitrogens is 1. The summed E-state index contributed by atoms with van der Waals surface area (Å²) in [5.74, 6) is 1.18. The van der Waals surface area contributed by atoms with Gasteiger partial charge in [0.1, 0.15) is 12.4 Å². The van der Waals surface area contributed by atoms with Gasteiger partial charge in [-0.25, -0.2) is 15.4 Å². The van der Waals surface area contributed by atoms with Crippen LogP contribution < -0.4 is 15.5 Å². The summed E-state index contributed by atoms with van der Waals surface area (Å²) in [6.45, 7) is 1.91. The number of rotatable bonds is 8. The van der Waals surface area contributed by atoms with E-state index in [0.717, 1.165) is 46.5 Å². The summed E-state index contributed by atoms with van der Waals surface area (Å²) >= 11 is 0. The Kier molecular flexibility index (Phi) is 5.91. The van der Waals surface area contributed by atoms with Gasteiger partial charge in [-0.05, 0) is 23.8 Å². The summed E-state index contributed by atoms with van der Waals surface area (Å²) in [5, 5.41) is 13.2. The molecule has 0 radical (unpaired) electrons. The third kappa shape index (κ3) is 4.84. The van der Waals surface area contributed by atoms with Crippen LogP contribution in [-0.4, -0.2) is 41.7 Å². The monoisotopic (exact) mass is 477 g/mol. The standard InChI is InChI=1S/C26H23N9O/c1-3-18(16-35-8-2-5-32-35)9-21(4-1)33-26-29-12-19-10-23(20-13-30-31-14-20)25(11-24(19)34-26)36-17-22-15-27-6-7-28-22/h1-4,6-15,32H,5,16-17H2,(H,30,31)(H,29,33,34). The fourth-order valence-corrected chi connectivity index (χ4v) is 4.00. The van der Waals surface area contributed by atoms with E-state index in [9.17, 15) is 0 Å². The summed E-state index contributed by atoms with van der Waals surface area (Å²) in [6, 6.07) is 12.1. The van der Waals surface area contributed by atoms with Crippen LogP contribution in [0.4, 0.5) is 11.6 Å². The van der Waals surface area contributed by atoms with E-state index >= 15 is 0 Å². The minimum Gasteiger partial charge on any atom is -0.487 e. The van der Waals surface area contributed by atoms with Crippen molar-refractivity contribution >= 4 is 22.5 Å². The number of aromatic nitrogens is 6. The second kappa shape index (κ2) is 9.80. The summed E-state index contributed by atoms with van der Waals surface area (Å²) in [4.78, 5) is 17.7. The van der Waals surface area contributed by atoms with Gasteiger partial charge in [-0.1, -0.05) is 18.2 Å². The van der Waals surface area contributed by atoms with Gasteiger partial charge in [0.05, 0.1) is 30.1 Å². The molecule has 10 nitrogen and oxygen atoms in total. The Bertz CT molecular complexity index is 1500. The first-order chi connectivity index (χ1) is 17.8. The topological polar surface area (TPSA) is 117 Å². The molecule has 36 heavy (non-hydrogen) atoms. The number of hydrogen-bond acceptors (Lipinski definition) is 9. The molecular weight excluding hydrogens is 454 g/mol. The van der Waals surface area contributed by atoms with Crippen molar-refractivity contribution in [3.05, 3.63) is 97.1 Å². The average Bonchev–Trinajstić information content (AvgIpc) is 3.63. The first-order valence-corrected chi connectivity index (χ1v) is 11.5. The second-order valence-corrected chi connectivity index (χ2v) is 8.27. The molecule has 0 spiro atoms. The van der Waals surface area contributed by atoms with Crippen LogP contribution in [0.3, 0.4) is 0 Å². The lowest BCUT2D eigenvalue weighted by Crippen LogP contribution is -2.27. The molecular formula is C26H23N9O. The molecule has 6 rings (SSSR count). The Morgan fingerprint density at radius 2 is 2.06 bits per heavy atom. The van der Waals surface area contributed by atoms with Gasteiger partial charge < -0.3 is 15.1 Å². The number of benzene rings is 2. The Morgan fingerprint density at radius 3 is 2.89 bits per heavy atom. The summed E-state index contributed by atoms with van der Waals surface area (Å²) < 4.78 is 6.15. The van der Waals surface area contributed by atoms with Crippen LogP contribution in [0.2, 0.25) is 0 Å². The van der Waals surface area contributed by atoms with Crippen molar-refractivity contribution in [2.24, 2.45) is 0 Å². The van der Waals surface area contributed by atoms with E-state index in [0.29, 0.717) is 11.7 Å². The van der Waals surface area contributed by atoms with Crippen LogP contribution in [0.1, 0.15) is 11.3 Å². The van der Waals surface area contributed by atoms with Gasteiger partial charge in [-0.2, -0.15) is 5.10 Å². The van der Waals surface area contributed by atoms with Crippen molar-refractivity contribution in [3.63, 3.8) is 0 Å². The lowest BCUT2D eigenvalue weighted by Gasteiger charge is -2.16. The molecule has 3 aromatic heterocycles. The molecule has 0 bridgehead atoms. The summed E-state index contributed by atoms with van der Waals surface area (Å²) in [6.07, 6.45) is 14.5. The summed E-state index contributed by atoms with van der Waals surface area (Å²) in [5.41, 5.74) is 8.68. The quantitative estimate of drug-likeness (QED) is 0.305. The number of fused-ring (bicyclic) bond motifs is 1. The van der Waals surface area contributed by atoms with Gasteiger partial charge in [0.25, 0.3) is 0 Å². The molecule has 3 N–H and O–H groups in total. The van der Waals surface area contributed by atoms with Crippen molar-refractivity contribution in [2.45, 2.75) is 13.2 Å². The number of aromatic amines is 1. The van der Waals surface area contributed by atoms with Crippen molar-refractivity contribution in [3.8, 4) is 16.9 Å². The van der Waals surface area contributed by atoms with Gasteiger partial charge in [-0.15, -0.1) is 0 Å². The fourth-order valence-electron chi connectivity index (χ4n) is 4.00. The largest absolute Gasteiger partial charge is 0.487 e. The minimum atomic E-state index is 0.286. The van der Waals surface area contributed by atoms with Gasteiger partial charge in [0, 0.05) is 65.8 Å². The Morgan fingerprint density at radius 1 is 1.06 bits per heavy atom. The highest BCUT2D eigenvalue weighted by Crippen LogP contribution is 2.34. The van der Waals surface area contributed by atoms with E-state index in [4.69, 9.17) is 9.72 Å². The molecule has 0 saturated heterocycles. The Hall–Kier alpha value is -4.83. The van der Waals surface area contributed by atoms with Crippen LogP contribution in [-0.2, 0) is 13.2 Å². The van der Waals surface area contributed by atoms with Gasteiger partial charge in [0.15, 0.2) is 0 Å². The Labute approximate surface area is 207 Å². The lowest BCUT2D eigenvalue weighted by molar-refractivity contribution is 0.299. The molecule has 178 valence electrons. The van der Waals surface area contributed by atoms with Gasteiger partial charge in [-0.3, -0.25) is 15.1 Å². The molecule has 0 amide bonds. The first-order valence-electron chi connectivity index (χ1n) is 11.5. The minimum absolute atomic E-state index is 0.286. The predicted molar refractivity (Wildman–Crippen MR) is 136 cm³/mol. The molecule has 0 aliphatic carbocycles. The number of nitrogens with zero attached hydrogens (tertiary/aromatic N) is 6. The van der Waals surface area contributed by atoms with Crippen molar-refractivity contribution in [1.82, 2.24) is 40.6 Å². The zero-order valence-electron chi connectivity index (χ0n) is 19.3. The highest BCUT2D eigenvalue weighted by molar-refractivity contribution is 5.88. The van der Waals surface area contributed by atoms with E-state index in [1.165, 1.54) is 5.56 Å². The van der Waals surface area contributed by atoms with Crippen molar-refractivity contribution in [2.75, 3.05) is 11.9 Å². The molecule has 1 aliphatic rings. The molecule has 0 atom stereocenters. The number of hydrazine groups is 1. The zero-order valence-corrected chi connectivity index (χ0v) is 19.3. The van der Waals surface area contributed by atoms with Crippen molar-refractivity contribution in [1.29, 1.82) is 0 Å². The molecule has 4 heterocycles. The molecule has 5 aromatic rings. The lowest BCUT2D eigenvalue weighted by atomic mass is 10.1. The average molecular weight is 478 g/mol. The molecule has 2 aromatic carbocycles. The van der Waals surface area contributed by atoms with Crippen LogP contribution in [0, 0.1) is 0 Å². The maximum absolute atomic E-state index is 6.15. The molecule has 0 unspecified atom stereocenters. The normalized spacial score (nSPS) is 12.8. The van der Waals surface area contributed by atoms with E-state index in [1.54, 1.807) is 24.8 Å². The van der Waals surface area contributed by atoms with Crippen LogP contribution >= 0.6 is 0 Å². The van der Waals surface area contributed by atoms with E-state index in [2.05, 4.69) is 59.1 Å². The van der Waals surface area contributed by atoms with E-state index in [1.807, 2.05) is 42.9 Å². The van der Waals surface area contributed by atoms with E-state index in [-0.39, 0.29) is 6.61 Å². The van der Waals surface area contributed by atoms with Crippen LogP contribution in [0.15, 0.2) is 85.9 Å². The highest BCUT2D eigenvalue weighted by Gasteiger charge is 2.13. The highest BCUT2D eigenvalue weighted by atomic mass is 16.5. The predicted octanol–water partition coefficient (Wildman–Crippen LogP) is 3.97. The molecule has 0 fully saturated rings. The van der Waals surface area contributed by atoms with Crippen LogP contribution in [0.5, 0.6) is 5.75 Å². The third-order valence-electron chi connectivity index (χ3n) is 5.72. The third-order valence-corrected chi connectivity index (χ3v) is 5.72. The summed E-state index contributed by atoms with van der Waals surface area (Å²) in [7, 11) is 0. The first kappa shape index (κ1) is 21.7. The number of hydrogen-bond donors (Lipinski definition) is 3. The Balaban J connectivity index is 1.28. The second-order valence-electron chi connectivity index (χ2n) is 8.27. The fraction of sp³-hybridized carbons (Fsp3) is 0.115. The molecule has 1 aliphatic heterocycles. The number of ether oxygens (including phenoxy) is 1. The van der Waals surface area contributed by atoms with E-state index < -0.39 is 0 Å². The van der Waals surface area contributed by atoms with Crippen molar-refractivity contribution < 1.29 is 4.74 Å². The number of nitrogens with one attached hydrogen (secondary N) is 3. The molecule has 0 saturated carbocycles. The van der Waals surface area contributed by atoms with Crippen LogP contribution in [0.25, 0.3) is 22.0 Å². The van der Waals surface area contributed by atoms with Gasteiger partial charge in [0.2, 0.25) is 5.95 Å².